The summed E-state index contributed by atoms with van der Waals surface area (Å²) in [7, 11) is 0. The van der Waals surface area contributed by atoms with E-state index in [0.29, 0.717) is 11.0 Å². The van der Waals surface area contributed by atoms with E-state index in [-0.39, 0.29) is 5.56 Å². The first-order chi connectivity index (χ1) is 10.7. The summed E-state index contributed by atoms with van der Waals surface area (Å²) >= 11 is 3.27. The Labute approximate surface area is 135 Å². The molecule has 1 unspecified atom stereocenters. The molecule has 7 heteroatoms. The van der Waals surface area contributed by atoms with Gasteiger partial charge in [-0.1, -0.05) is 17.4 Å². The molecule has 1 fully saturated rings. The van der Waals surface area contributed by atoms with E-state index in [2.05, 4.69) is 32.5 Å². The van der Waals surface area contributed by atoms with E-state index in [0.717, 1.165) is 23.8 Å². The number of rotatable bonds is 3. The van der Waals surface area contributed by atoms with Gasteiger partial charge in [0.2, 0.25) is 4.96 Å². The van der Waals surface area contributed by atoms with Gasteiger partial charge in [-0.3, -0.25) is 9.69 Å². The second-order valence-corrected chi connectivity index (χ2v) is 7.68. The summed E-state index contributed by atoms with van der Waals surface area (Å²) in [6.45, 7) is 3.68. The van der Waals surface area contributed by atoms with Crippen molar-refractivity contribution in [3.05, 3.63) is 49.5 Å². The summed E-state index contributed by atoms with van der Waals surface area (Å²) in [5.74, 6) is 0. The highest BCUT2D eigenvalue weighted by atomic mass is 32.1. The molecule has 22 heavy (non-hydrogen) atoms. The quantitative estimate of drug-likeness (QED) is 0.740. The van der Waals surface area contributed by atoms with Crippen molar-refractivity contribution in [2.75, 3.05) is 6.54 Å². The number of nitrogens with zero attached hydrogens (tertiary/aromatic N) is 4. The molecule has 3 aromatic heterocycles. The molecule has 4 rings (SSSR count). The van der Waals surface area contributed by atoms with Gasteiger partial charge < -0.3 is 0 Å². The number of likely N-dealkylation sites (tertiary alicyclic amines) is 1. The van der Waals surface area contributed by atoms with Crippen molar-refractivity contribution in [2.24, 2.45) is 0 Å². The zero-order valence-corrected chi connectivity index (χ0v) is 13.9. The molecule has 1 aliphatic heterocycles. The minimum absolute atomic E-state index is 0.0868. The first kappa shape index (κ1) is 14.0. The maximum absolute atomic E-state index is 12.1. The van der Waals surface area contributed by atoms with Crippen LogP contribution in [-0.4, -0.2) is 26.0 Å². The minimum atomic E-state index is -0.0868. The van der Waals surface area contributed by atoms with Crippen molar-refractivity contribution in [1.82, 2.24) is 19.5 Å². The van der Waals surface area contributed by atoms with Crippen LogP contribution < -0.4 is 5.56 Å². The Morgan fingerprint density at radius 2 is 2.36 bits per heavy atom. The average Bonchev–Trinajstić information content (AvgIpc) is 3.17. The van der Waals surface area contributed by atoms with E-state index in [1.54, 1.807) is 6.07 Å². The molecule has 0 saturated carbocycles. The van der Waals surface area contributed by atoms with Crippen molar-refractivity contribution >= 4 is 27.6 Å². The zero-order chi connectivity index (χ0) is 15.1. The van der Waals surface area contributed by atoms with Gasteiger partial charge in [0, 0.05) is 23.5 Å². The third-order valence-corrected chi connectivity index (χ3v) is 5.80. The van der Waals surface area contributed by atoms with Crippen LogP contribution in [0, 0.1) is 6.92 Å². The molecule has 0 aromatic carbocycles. The summed E-state index contributed by atoms with van der Waals surface area (Å²) in [5.41, 5.74) is 0.758. The number of aryl methyl sites for hydroxylation is 1. The molecule has 5 nitrogen and oxygen atoms in total. The van der Waals surface area contributed by atoms with Crippen LogP contribution in [0.2, 0.25) is 0 Å². The van der Waals surface area contributed by atoms with Gasteiger partial charge in [0.15, 0.2) is 0 Å². The summed E-state index contributed by atoms with van der Waals surface area (Å²) in [4.78, 5) is 21.3. The van der Waals surface area contributed by atoms with Crippen molar-refractivity contribution in [2.45, 2.75) is 32.4 Å². The number of fused-ring (bicyclic) bond motifs is 1. The molecular weight excluding hydrogens is 316 g/mol. The smallest absolute Gasteiger partial charge is 0.275 e. The fourth-order valence-electron chi connectivity index (χ4n) is 3.06. The van der Waals surface area contributed by atoms with Crippen LogP contribution >= 0.6 is 22.7 Å². The molecular formula is C15H16N4OS2. The molecule has 1 atom stereocenters. The number of thiophene rings is 1. The molecule has 114 valence electrons. The van der Waals surface area contributed by atoms with Gasteiger partial charge in [0.1, 0.15) is 5.01 Å². The maximum Gasteiger partial charge on any atom is 0.275 e. The van der Waals surface area contributed by atoms with Crippen LogP contribution in [-0.2, 0) is 6.54 Å². The Morgan fingerprint density at radius 3 is 3.18 bits per heavy atom. The van der Waals surface area contributed by atoms with Crippen molar-refractivity contribution in [3.8, 4) is 0 Å². The summed E-state index contributed by atoms with van der Waals surface area (Å²) in [6.07, 6.45) is 2.38. The first-order valence-corrected chi connectivity index (χ1v) is 9.04. The number of aromatic nitrogens is 3. The Hall–Kier alpha value is -1.57. The predicted molar refractivity (Wildman–Crippen MR) is 88.6 cm³/mol. The molecule has 1 aliphatic rings. The lowest BCUT2D eigenvalue weighted by molar-refractivity contribution is 0.248. The molecule has 4 heterocycles. The fourth-order valence-corrected chi connectivity index (χ4v) is 4.72. The number of hydrogen-bond acceptors (Lipinski definition) is 6. The maximum atomic E-state index is 12.1. The van der Waals surface area contributed by atoms with E-state index >= 15 is 0 Å². The Balaban J connectivity index is 1.64. The average molecular weight is 332 g/mol. The fraction of sp³-hybridized carbons (Fsp3) is 0.400. The highest BCUT2D eigenvalue weighted by molar-refractivity contribution is 7.16. The van der Waals surface area contributed by atoms with E-state index in [1.807, 2.05) is 18.3 Å². The SMILES string of the molecule is Cc1nn2c(=O)cc(CN3CCCC3c3cccs3)nc2s1. The third kappa shape index (κ3) is 2.49. The van der Waals surface area contributed by atoms with Crippen LogP contribution in [0.25, 0.3) is 4.96 Å². The van der Waals surface area contributed by atoms with Gasteiger partial charge in [0.25, 0.3) is 5.56 Å². The second kappa shape index (κ2) is 5.57. The monoisotopic (exact) mass is 332 g/mol. The van der Waals surface area contributed by atoms with Crippen molar-refractivity contribution in [3.63, 3.8) is 0 Å². The Kier molecular flexibility index (Phi) is 3.56. The molecule has 3 aromatic rings. The first-order valence-electron chi connectivity index (χ1n) is 7.34. The highest BCUT2D eigenvalue weighted by Gasteiger charge is 2.27. The van der Waals surface area contributed by atoms with Crippen LogP contribution in [0.15, 0.2) is 28.4 Å². The van der Waals surface area contributed by atoms with Gasteiger partial charge in [-0.2, -0.15) is 9.61 Å². The summed E-state index contributed by atoms with van der Waals surface area (Å²) in [5, 5.41) is 7.18. The zero-order valence-electron chi connectivity index (χ0n) is 12.2. The van der Waals surface area contributed by atoms with Crippen LogP contribution in [0.4, 0.5) is 0 Å². The lowest BCUT2D eigenvalue weighted by atomic mass is 10.2. The van der Waals surface area contributed by atoms with Crippen LogP contribution in [0.1, 0.15) is 34.5 Å². The van der Waals surface area contributed by atoms with Gasteiger partial charge in [-0.05, 0) is 37.8 Å². The standard InChI is InChI=1S/C15H16N4OS2/c1-10-17-19-14(20)8-11(16-15(19)22-10)9-18-6-2-4-12(18)13-5-3-7-21-13/h3,5,7-8,12H,2,4,6,9H2,1H3. The molecule has 0 amide bonds. The molecule has 1 saturated heterocycles. The van der Waals surface area contributed by atoms with Crippen molar-refractivity contribution in [1.29, 1.82) is 0 Å². The van der Waals surface area contributed by atoms with E-state index < -0.39 is 0 Å². The largest absolute Gasteiger partial charge is 0.290 e. The van der Waals surface area contributed by atoms with E-state index in [9.17, 15) is 4.79 Å². The lowest BCUT2D eigenvalue weighted by Gasteiger charge is -2.22. The topological polar surface area (TPSA) is 50.5 Å². The summed E-state index contributed by atoms with van der Waals surface area (Å²) in [6, 6.07) is 6.39. The van der Waals surface area contributed by atoms with E-state index in [1.165, 1.54) is 33.6 Å². The summed E-state index contributed by atoms with van der Waals surface area (Å²) < 4.78 is 1.39. The second-order valence-electron chi connectivity index (χ2n) is 5.55. The van der Waals surface area contributed by atoms with Gasteiger partial charge in [-0.15, -0.1) is 11.3 Å². The van der Waals surface area contributed by atoms with Crippen molar-refractivity contribution < 1.29 is 0 Å². The lowest BCUT2D eigenvalue weighted by Crippen LogP contribution is -2.24. The van der Waals surface area contributed by atoms with Gasteiger partial charge in [0.05, 0.1) is 5.69 Å². The molecule has 0 radical (unpaired) electrons. The third-order valence-electron chi connectivity index (χ3n) is 4.00. The van der Waals surface area contributed by atoms with Crippen LogP contribution in [0.3, 0.4) is 0 Å². The highest BCUT2D eigenvalue weighted by Crippen LogP contribution is 2.35. The normalized spacial score (nSPS) is 19.2. The van der Waals surface area contributed by atoms with Gasteiger partial charge >= 0.3 is 0 Å². The predicted octanol–water partition coefficient (Wildman–Crippen LogP) is 2.86. The van der Waals surface area contributed by atoms with Crippen LogP contribution in [0.5, 0.6) is 0 Å². The minimum Gasteiger partial charge on any atom is -0.290 e. The van der Waals surface area contributed by atoms with E-state index in [4.69, 9.17) is 0 Å². The number of hydrogen-bond donors (Lipinski definition) is 0. The Bertz CT molecular complexity index is 852. The molecule has 0 N–H and O–H groups in total. The van der Waals surface area contributed by atoms with Gasteiger partial charge in [-0.25, -0.2) is 4.98 Å². The molecule has 0 aliphatic carbocycles. The Morgan fingerprint density at radius 1 is 1.45 bits per heavy atom. The molecule has 0 bridgehead atoms. The molecule has 0 spiro atoms.